The summed E-state index contributed by atoms with van der Waals surface area (Å²) in [5.74, 6) is 0.837. The predicted molar refractivity (Wildman–Crippen MR) is 108 cm³/mol. The van der Waals surface area contributed by atoms with Gasteiger partial charge in [-0.05, 0) is 48.1 Å². The van der Waals surface area contributed by atoms with Gasteiger partial charge >= 0.3 is 0 Å². The maximum Gasteiger partial charge on any atom is 0.221 e. The van der Waals surface area contributed by atoms with Crippen molar-refractivity contribution in [2.75, 3.05) is 7.11 Å². The fraction of sp³-hybridized carbons (Fsp3) is 0.304. The third kappa shape index (κ3) is 3.93. The van der Waals surface area contributed by atoms with Crippen LogP contribution < -0.4 is 10.1 Å². The summed E-state index contributed by atoms with van der Waals surface area (Å²) in [5, 5.41) is 10.5. The summed E-state index contributed by atoms with van der Waals surface area (Å²) in [6.07, 6.45) is 3.67. The van der Waals surface area contributed by atoms with Crippen molar-refractivity contribution < 1.29 is 9.53 Å². The minimum absolute atomic E-state index is 0.00277. The highest BCUT2D eigenvalue weighted by Gasteiger charge is 2.21. The summed E-state index contributed by atoms with van der Waals surface area (Å²) in [4.78, 5) is 12.7. The first kappa shape index (κ1) is 18.3. The molecule has 4 rings (SSSR count). The number of fused-ring (bicyclic) bond motifs is 1. The molecule has 0 saturated heterocycles. The van der Waals surface area contributed by atoms with Crippen molar-refractivity contribution in [2.24, 2.45) is 0 Å². The Hall–Kier alpha value is -3.08. The largest absolute Gasteiger partial charge is 0.497 e. The van der Waals surface area contributed by atoms with Gasteiger partial charge in [0.05, 0.1) is 19.3 Å². The zero-order chi connectivity index (χ0) is 19.3. The van der Waals surface area contributed by atoms with Crippen LogP contribution in [-0.4, -0.2) is 23.2 Å². The standard InChI is InChI=1S/C23H25N3O2/c1-28-18-12-10-17(11-13-18)20(16-6-3-2-4-7-16)14-23(27)24-15-22-19-8-5-9-21(19)25-26-22/h2-4,6-7,10-13,20H,5,8-9,14-15H2,1H3,(H,24,27)(H,25,26). The van der Waals surface area contributed by atoms with E-state index in [9.17, 15) is 4.79 Å². The maximum atomic E-state index is 12.7. The van der Waals surface area contributed by atoms with Crippen LogP contribution in [0.5, 0.6) is 5.75 Å². The highest BCUT2D eigenvalue weighted by atomic mass is 16.5. The normalized spacial score (nSPS) is 13.8. The molecule has 0 aliphatic heterocycles. The number of carbonyl (C=O) groups excluding carboxylic acids is 1. The van der Waals surface area contributed by atoms with Gasteiger partial charge in [0.25, 0.3) is 0 Å². The van der Waals surface area contributed by atoms with Gasteiger partial charge in [0, 0.05) is 18.0 Å². The quantitative estimate of drug-likeness (QED) is 0.661. The molecule has 144 valence electrons. The lowest BCUT2D eigenvalue weighted by molar-refractivity contribution is -0.121. The van der Waals surface area contributed by atoms with Crippen LogP contribution in [-0.2, 0) is 24.2 Å². The molecule has 3 aromatic rings. The Balaban J connectivity index is 1.47. The molecule has 2 aromatic carbocycles. The number of hydrogen-bond acceptors (Lipinski definition) is 3. The molecule has 1 aliphatic carbocycles. The fourth-order valence-electron chi connectivity index (χ4n) is 3.92. The number of amides is 1. The first-order valence-corrected chi connectivity index (χ1v) is 9.75. The number of nitrogens with one attached hydrogen (secondary N) is 2. The fourth-order valence-corrected chi connectivity index (χ4v) is 3.92. The number of H-pyrrole nitrogens is 1. The Morgan fingerprint density at radius 2 is 1.86 bits per heavy atom. The average molecular weight is 375 g/mol. The van der Waals surface area contributed by atoms with Gasteiger partial charge in [0.2, 0.25) is 5.91 Å². The van der Waals surface area contributed by atoms with Gasteiger partial charge in [0.1, 0.15) is 5.75 Å². The average Bonchev–Trinajstić information content (AvgIpc) is 3.35. The molecule has 1 atom stereocenters. The zero-order valence-electron chi connectivity index (χ0n) is 16.1. The Labute approximate surface area is 165 Å². The van der Waals surface area contributed by atoms with E-state index >= 15 is 0 Å². The highest BCUT2D eigenvalue weighted by molar-refractivity contribution is 5.77. The van der Waals surface area contributed by atoms with Crippen LogP contribution in [0.25, 0.3) is 0 Å². The second kappa shape index (κ2) is 8.30. The molecule has 2 N–H and O–H groups in total. The second-order valence-electron chi connectivity index (χ2n) is 7.20. The van der Waals surface area contributed by atoms with Crippen molar-refractivity contribution in [3.63, 3.8) is 0 Å². The van der Waals surface area contributed by atoms with Gasteiger partial charge in [-0.15, -0.1) is 0 Å². The summed E-state index contributed by atoms with van der Waals surface area (Å²) in [7, 11) is 1.66. The van der Waals surface area contributed by atoms with Crippen molar-refractivity contribution in [3.05, 3.63) is 82.7 Å². The lowest BCUT2D eigenvalue weighted by atomic mass is 9.88. The second-order valence-corrected chi connectivity index (χ2v) is 7.20. The van der Waals surface area contributed by atoms with Crippen LogP contribution in [0.3, 0.4) is 0 Å². The molecule has 1 amide bonds. The molecular formula is C23H25N3O2. The molecule has 0 spiro atoms. The Morgan fingerprint density at radius 3 is 2.61 bits per heavy atom. The summed E-state index contributed by atoms with van der Waals surface area (Å²) < 4.78 is 5.26. The van der Waals surface area contributed by atoms with Crippen molar-refractivity contribution in [3.8, 4) is 5.75 Å². The van der Waals surface area contributed by atoms with Gasteiger partial charge in [-0.2, -0.15) is 5.10 Å². The van der Waals surface area contributed by atoms with Crippen LogP contribution in [0.15, 0.2) is 54.6 Å². The van der Waals surface area contributed by atoms with Gasteiger partial charge in [-0.3, -0.25) is 9.89 Å². The topological polar surface area (TPSA) is 67.0 Å². The van der Waals surface area contributed by atoms with E-state index in [0.29, 0.717) is 13.0 Å². The van der Waals surface area contributed by atoms with E-state index in [1.807, 2.05) is 42.5 Å². The molecule has 0 bridgehead atoms. The molecule has 5 nitrogen and oxygen atoms in total. The van der Waals surface area contributed by atoms with Crippen LogP contribution in [0.2, 0.25) is 0 Å². The molecule has 0 fully saturated rings. The molecule has 28 heavy (non-hydrogen) atoms. The van der Waals surface area contributed by atoms with E-state index in [1.165, 1.54) is 11.3 Å². The van der Waals surface area contributed by atoms with E-state index in [1.54, 1.807) is 7.11 Å². The number of hydrogen-bond donors (Lipinski definition) is 2. The van der Waals surface area contributed by atoms with Crippen LogP contribution in [0, 0.1) is 0 Å². The number of nitrogens with zero attached hydrogens (tertiary/aromatic N) is 1. The molecule has 1 unspecified atom stereocenters. The van der Waals surface area contributed by atoms with Crippen molar-refractivity contribution in [1.29, 1.82) is 0 Å². The molecule has 1 aromatic heterocycles. The SMILES string of the molecule is COc1ccc(C(CC(=O)NCc2n[nH]c3c2CCC3)c2ccccc2)cc1. The number of ether oxygens (including phenoxy) is 1. The maximum absolute atomic E-state index is 12.7. The molecule has 1 heterocycles. The van der Waals surface area contributed by atoms with Crippen LogP contribution >= 0.6 is 0 Å². The number of carbonyl (C=O) groups is 1. The summed E-state index contributed by atoms with van der Waals surface area (Å²) in [6.45, 7) is 0.481. The van der Waals surface area contributed by atoms with Gasteiger partial charge in [0.15, 0.2) is 0 Å². The van der Waals surface area contributed by atoms with Crippen LogP contribution in [0.1, 0.15) is 46.8 Å². The predicted octanol–water partition coefficient (Wildman–Crippen LogP) is 3.75. The Morgan fingerprint density at radius 1 is 1.11 bits per heavy atom. The van der Waals surface area contributed by atoms with Crippen molar-refractivity contribution in [2.45, 2.75) is 38.1 Å². The zero-order valence-corrected chi connectivity index (χ0v) is 16.1. The van der Waals surface area contributed by atoms with Gasteiger partial charge < -0.3 is 10.1 Å². The molecule has 0 saturated carbocycles. The van der Waals surface area contributed by atoms with E-state index in [0.717, 1.165) is 41.8 Å². The Bertz CT molecular complexity index is 932. The number of aryl methyl sites for hydroxylation is 1. The smallest absolute Gasteiger partial charge is 0.221 e. The number of aromatic nitrogens is 2. The third-order valence-corrected chi connectivity index (χ3v) is 5.45. The van der Waals surface area contributed by atoms with Gasteiger partial charge in [-0.1, -0.05) is 42.5 Å². The van der Waals surface area contributed by atoms with E-state index < -0.39 is 0 Å². The minimum Gasteiger partial charge on any atom is -0.497 e. The monoisotopic (exact) mass is 375 g/mol. The van der Waals surface area contributed by atoms with E-state index in [-0.39, 0.29) is 11.8 Å². The summed E-state index contributed by atoms with van der Waals surface area (Å²) in [6, 6.07) is 18.1. The molecule has 1 aliphatic rings. The number of rotatable bonds is 7. The number of aromatic amines is 1. The lowest BCUT2D eigenvalue weighted by Crippen LogP contribution is -2.25. The first-order chi connectivity index (χ1) is 13.7. The first-order valence-electron chi connectivity index (χ1n) is 9.75. The Kier molecular flexibility index (Phi) is 5.42. The minimum atomic E-state index is -0.00277. The lowest BCUT2D eigenvalue weighted by Gasteiger charge is -2.18. The van der Waals surface area contributed by atoms with Gasteiger partial charge in [-0.25, -0.2) is 0 Å². The van der Waals surface area contributed by atoms with Crippen molar-refractivity contribution >= 4 is 5.91 Å². The number of methoxy groups -OCH3 is 1. The van der Waals surface area contributed by atoms with Crippen LogP contribution in [0.4, 0.5) is 0 Å². The van der Waals surface area contributed by atoms with E-state index in [4.69, 9.17) is 4.74 Å². The highest BCUT2D eigenvalue weighted by Crippen LogP contribution is 2.29. The summed E-state index contributed by atoms with van der Waals surface area (Å²) >= 11 is 0. The number of benzene rings is 2. The van der Waals surface area contributed by atoms with E-state index in [2.05, 4.69) is 27.6 Å². The molecule has 0 radical (unpaired) electrons. The third-order valence-electron chi connectivity index (χ3n) is 5.45. The molecule has 5 heteroatoms. The summed E-state index contributed by atoms with van der Waals surface area (Å²) in [5.41, 5.74) is 5.72. The molecular weight excluding hydrogens is 350 g/mol. The van der Waals surface area contributed by atoms with Crippen molar-refractivity contribution in [1.82, 2.24) is 15.5 Å².